The maximum absolute atomic E-state index is 12.9. The molecule has 0 heterocycles. The molecule has 5 heteroatoms. The number of nitrogens with zero attached hydrogens (tertiary/aromatic N) is 2. The fourth-order valence-corrected chi connectivity index (χ4v) is 3.73. The van der Waals surface area contributed by atoms with Crippen LogP contribution in [0.25, 0.3) is 0 Å². The van der Waals surface area contributed by atoms with Gasteiger partial charge in [0.1, 0.15) is 0 Å². The van der Waals surface area contributed by atoms with Crippen molar-refractivity contribution >= 4 is 11.9 Å². The molecule has 2 aliphatic rings. The fraction of sp³-hybridized carbons (Fsp3) is 0.875. The van der Waals surface area contributed by atoms with Crippen molar-refractivity contribution in [2.45, 2.75) is 45.6 Å². The third kappa shape index (κ3) is 3.23. The van der Waals surface area contributed by atoms with Gasteiger partial charge >= 0.3 is 5.97 Å². The van der Waals surface area contributed by atoms with E-state index in [-0.39, 0.29) is 11.8 Å². The number of likely N-dealkylation sites (N-methyl/N-ethyl adjacent to an activating group) is 1. The highest BCUT2D eigenvalue weighted by Crippen LogP contribution is 2.59. The molecule has 2 aliphatic carbocycles. The van der Waals surface area contributed by atoms with E-state index in [9.17, 15) is 14.7 Å². The highest BCUT2D eigenvalue weighted by Gasteiger charge is 2.66. The molecule has 2 atom stereocenters. The summed E-state index contributed by atoms with van der Waals surface area (Å²) in [6.07, 6.45) is 4.47. The van der Waals surface area contributed by atoms with Gasteiger partial charge in [0, 0.05) is 19.1 Å². The normalized spacial score (nSPS) is 27.9. The van der Waals surface area contributed by atoms with Gasteiger partial charge in [0.2, 0.25) is 5.91 Å². The Balaban J connectivity index is 2.09. The van der Waals surface area contributed by atoms with E-state index in [1.807, 2.05) is 32.8 Å². The number of carboxylic acid groups (broad SMARTS) is 1. The lowest BCUT2D eigenvalue weighted by atomic mass is 10.1. The molecule has 120 valence electrons. The zero-order chi connectivity index (χ0) is 15.8. The van der Waals surface area contributed by atoms with Crippen molar-refractivity contribution < 1.29 is 14.7 Å². The Morgan fingerprint density at radius 1 is 1.10 bits per heavy atom. The maximum Gasteiger partial charge on any atom is 0.307 e. The second-order valence-corrected chi connectivity index (χ2v) is 7.39. The van der Waals surface area contributed by atoms with Gasteiger partial charge in [0.15, 0.2) is 0 Å². The summed E-state index contributed by atoms with van der Waals surface area (Å²) in [4.78, 5) is 28.2. The van der Waals surface area contributed by atoms with Crippen LogP contribution in [0, 0.1) is 17.3 Å². The summed E-state index contributed by atoms with van der Waals surface area (Å²) in [5.74, 6) is -1.65. The van der Waals surface area contributed by atoms with Gasteiger partial charge in [-0.05, 0) is 32.4 Å². The van der Waals surface area contributed by atoms with Crippen LogP contribution in [0.4, 0.5) is 0 Å². The number of hydrogen-bond donors (Lipinski definition) is 1. The maximum atomic E-state index is 12.9. The first-order chi connectivity index (χ1) is 9.76. The molecule has 2 fully saturated rings. The number of aliphatic carboxylic acids is 1. The summed E-state index contributed by atoms with van der Waals surface area (Å²) < 4.78 is 0. The summed E-state index contributed by atoms with van der Waals surface area (Å²) in [7, 11) is 4.00. The second kappa shape index (κ2) is 5.95. The van der Waals surface area contributed by atoms with E-state index in [2.05, 4.69) is 4.90 Å². The molecule has 2 saturated carbocycles. The van der Waals surface area contributed by atoms with Crippen molar-refractivity contribution in [1.29, 1.82) is 0 Å². The lowest BCUT2D eigenvalue weighted by molar-refractivity contribution is -0.142. The summed E-state index contributed by atoms with van der Waals surface area (Å²) in [6, 6.07) is 0.309. The first kappa shape index (κ1) is 16.3. The number of rotatable bonds is 6. The van der Waals surface area contributed by atoms with Crippen LogP contribution in [0.2, 0.25) is 0 Å². The summed E-state index contributed by atoms with van der Waals surface area (Å²) in [6.45, 7) is 5.32. The standard InChI is InChI=1S/C16H28N2O3/c1-16(2)12(13(16)15(20)21)14(19)18(10-9-17(3)4)11-7-5-6-8-11/h11-13H,5-10H2,1-4H3,(H,20,21). The van der Waals surface area contributed by atoms with E-state index in [4.69, 9.17) is 0 Å². The molecule has 1 amide bonds. The predicted octanol–water partition coefficient (Wildman–Crippen LogP) is 1.68. The van der Waals surface area contributed by atoms with Gasteiger partial charge in [0.05, 0.1) is 11.8 Å². The molecular formula is C16H28N2O3. The molecule has 0 aromatic carbocycles. The van der Waals surface area contributed by atoms with Crippen LogP contribution < -0.4 is 0 Å². The topological polar surface area (TPSA) is 60.9 Å². The van der Waals surface area contributed by atoms with Crippen molar-refractivity contribution in [3.05, 3.63) is 0 Å². The zero-order valence-corrected chi connectivity index (χ0v) is 13.6. The van der Waals surface area contributed by atoms with Gasteiger partial charge in [-0.15, -0.1) is 0 Å². The largest absolute Gasteiger partial charge is 0.481 e. The minimum atomic E-state index is -0.836. The van der Waals surface area contributed by atoms with E-state index < -0.39 is 17.3 Å². The number of amides is 1. The molecule has 1 N–H and O–H groups in total. The highest BCUT2D eigenvalue weighted by molar-refractivity contribution is 5.91. The van der Waals surface area contributed by atoms with Crippen LogP contribution >= 0.6 is 0 Å². The van der Waals surface area contributed by atoms with E-state index in [0.717, 1.165) is 19.4 Å². The number of carbonyl (C=O) groups is 2. The first-order valence-electron chi connectivity index (χ1n) is 7.95. The van der Waals surface area contributed by atoms with Crippen LogP contribution in [-0.4, -0.2) is 60.0 Å². The van der Waals surface area contributed by atoms with Crippen molar-refractivity contribution in [2.75, 3.05) is 27.2 Å². The van der Waals surface area contributed by atoms with Crippen LogP contribution in [0.1, 0.15) is 39.5 Å². The molecule has 21 heavy (non-hydrogen) atoms. The van der Waals surface area contributed by atoms with Crippen LogP contribution in [0.15, 0.2) is 0 Å². The summed E-state index contributed by atoms with van der Waals surface area (Å²) >= 11 is 0. The minimum absolute atomic E-state index is 0.0566. The number of carboxylic acids is 1. The molecular weight excluding hydrogens is 268 g/mol. The van der Waals surface area contributed by atoms with Crippen LogP contribution in [0.5, 0.6) is 0 Å². The molecule has 0 saturated heterocycles. The SMILES string of the molecule is CN(C)CCN(C(=O)C1C(C(=O)O)C1(C)C)C1CCCC1. The van der Waals surface area contributed by atoms with Gasteiger partial charge < -0.3 is 14.9 Å². The Hall–Kier alpha value is -1.10. The fourth-order valence-electron chi connectivity index (χ4n) is 3.73. The molecule has 2 unspecified atom stereocenters. The monoisotopic (exact) mass is 296 g/mol. The Kier molecular flexibility index (Phi) is 4.61. The van der Waals surface area contributed by atoms with E-state index in [1.165, 1.54) is 12.8 Å². The van der Waals surface area contributed by atoms with Gasteiger partial charge in [-0.1, -0.05) is 26.7 Å². The van der Waals surface area contributed by atoms with Crippen molar-refractivity contribution in [3.8, 4) is 0 Å². The summed E-state index contributed by atoms with van der Waals surface area (Å²) in [5, 5.41) is 9.29. The molecule has 0 bridgehead atoms. The van der Waals surface area contributed by atoms with Crippen molar-refractivity contribution in [3.63, 3.8) is 0 Å². The summed E-state index contributed by atoms with van der Waals surface area (Å²) in [5.41, 5.74) is -0.405. The number of hydrogen-bond acceptors (Lipinski definition) is 3. The lowest BCUT2D eigenvalue weighted by Crippen LogP contribution is -2.44. The molecule has 0 aliphatic heterocycles. The average molecular weight is 296 g/mol. The average Bonchev–Trinajstić information content (AvgIpc) is 2.76. The quantitative estimate of drug-likeness (QED) is 0.810. The Morgan fingerprint density at radius 3 is 2.10 bits per heavy atom. The Bertz CT molecular complexity index is 414. The predicted molar refractivity (Wildman–Crippen MR) is 80.9 cm³/mol. The molecule has 0 aromatic rings. The molecule has 5 nitrogen and oxygen atoms in total. The van der Waals surface area contributed by atoms with Crippen LogP contribution in [-0.2, 0) is 9.59 Å². The van der Waals surface area contributed by atoms with Crippen molar-refractivity contribution in [1.82, 2.24) is 9.80 Å². The Morgan fingerprint density at radius 2 is 1.67 bits per heavy atom. The third-order valence-electron chi connectivity index (χ3n) is 5.20. The zero-order valence-electron chi connectivity index (χ0n) is 13.6. The van der Waals surface area contributed by atoms with Gasteiger partial charge in [-0.3, -0.25) is 9.59 Å². The lowest BCUT2D eigenvalue weighted by Gasteiger charge is -2.31. The van der Waals surface area contributed by atoms with E-state index in [1.54, 1.807) is 0 Å². The minimum Gasteiger partial charge on any atom is -0.481 e. The van der Waals surface area contributed by atoms with Gasteiger partial charge in [-0.25, -0.2) is 0 Å². The smallest absolute Gasteiger partial charge is 0.307 e. The third-order valence-corrected chi connectivity index (χ3v) is 5.20. The second-order valence-electron chi connectivity index (χ2n) is 7.39. The molecule has 2 rings (SSSR count). The van der Waals surface area contributed by atoms with E-state index >= 15 is 0 Å². The molecule has 0 radical (unpaired) electrons. The van der Waals surface area contributed by atoms with Gasteiger partial charge in [0.25, 0.3) is 0 Å². The molecule has 0 spiro atoms. The Labute approximate surface area is 127 Å². The van der Waals surface area contributed by atoms with E-state index in [0.29, 0.717) is 12.6 Å². The molecule has 0 aromatic heterocycles. The number of carbonyl (C=O) groups excluding carboxylic acids is 1. The van der Waals surface area contributed by atoms with Crippen LogP contribution in [0.3, 0.4) is 0 Å². The first-order valence-corrected chi connectivity index (χ1v) is 7.95. The van der Waals surface area contributed by atoms with Crippen molar-refractivity contribution in [2.24, 2.45) is 17.3 Å². The van der Waals surface area contributed by atoms with Gasteiger partial charge in [-0.2, -0.15) is 0 Å². The highest BCUT2D eigenvalue weighted by atomic mass is 16.4.